The third kappa shape index (κ3) is 9.01. The molecule has 0 spiro atoms. The lowest BCUT2D eigenvalue weighted by atomic mass is 9.80. The zero-order valence-corrected chi connectivity index (χ0v) is 20.0. The van der Waals surface area contributed by atoms with Crippen LogP contribution in [0.15, 0.2) is 30.3 Å². The Morgan fingerprint density at radius 2 is 1.76 bits per heavy atom. The van der Waals surface area contributed by atoms with E-state index < -0.39 is 29.7 Å². The van der Waals surface area contributed by atoms with E-state index in [4.69, 9.17) is 20.3 Å². The minimum absolute atomic E-state index is 0.00332. The highest BCUT2D eigenvalue weighted by molar-refractivity contribution is 5.98. The van der Waals surface area contributed by atoms with Gasteiger partial charge in [0.1, 0.15) is 18.8 Å². The summed E-state index contributed by atoms with van der Waals surface area (Å²) in [5.74, 6) is -2.36. The van der Waals surface area contributed by atoms with Gasteiger partial charge < -0.3 is 30.5 Å². The highest BCUT2D eigenvalue weighted by Gasteiger charge is 2.33. The summed E-state index contributed by atoms with van der Waals surface area (Å²) >= 11 is 0. The van der Waals surface area contributed by atoms with Crippen LogP contribution in [0.1, 0.15) is 51.5 Å². The molecule has 2 rings (SSSR count). The van der Waals surface area contributed by atoms with E-state index in [9.17, 15) is 19.2 Å². The topological polar surface area (TPSA) is 148 Å². The summed E-state index contributed by atoms with van der Waals surface area (Å²) in [6.45, 7) is 3.52. The van der Waals surface area contributed by atoms with Crippen molar-refractivity contribution < 1.29 is 33.8 Å². The van der Waals surface area contributed by atoms with Gasteiger partial charge in [-0.05, 0) is 57.4 Å². The number of carboxylic acid groups (broad SMARTS) is 1. The molecule has 0 heterocycles. The fourth-order valence-electron chi connectivity index (χ4n) is 4.07. The number of carbonyl (C=O) groups is 4. The van der Waals surface area contributed by atoms with Crippen molar-refractivity contribution in [1.29, 1.82) is 0 Å². The molecule has 1 atom stereocenters. The van der Waals surface area contributed by atoms with Crippen LogP contribution < -0.4 is 11.1 Å². The van der Waals surface area contributed by atoms with E-state index in [1.54, 1.807) is 13.8 Å². The van der Waals surface area contributed by atoms with Crippen LogP contribution in [0, 0.1) is 5.92 Å². The SMILES string of the molecule is CN(CC(=O)N[C@H]1CC[C@H](CC(C)(C)OC(=O)[C@@H](N)C(=O)O)CC1)C(=O)OCc1ccccc1. The number of carbonyl (C=O) groups excluding carboxylic acids is 3. The van der Waals surface area contributed by atoms with E-state index >= 15 is 0 Å². The Hall–Kier alpha value is -3.14. The van der Waals surface area contributed by atoms with E-state index in [0.29, 0.717) is 6.42 Å². The van der Waals surface area contributed by atoms with Gasteiger partial charge in [0.25, 0.3) is 0 Å². The molecule has 4 N–H and O–H groups in total. The average molecular weight is 478 g/mol. The average Bonchev–Trinajstić information content (AvgIpc) is 2.78. The van der Waals surface area contributed by atoms with Crippen molar-refractivity contribution in [1.82, 2.24) is 10.2 Å². The molecule has 0 aromatic heterocycles. The second-order valence-electron chi connectivity index (χ2n) is 9.38. The largest absolute Gasteiger partial charge is 0.480 e. The zero-order chi connectivity index (χ0) is 25.3. The minimum Gasteiger partial charge on any atom is -0.480 e. The molecule has 0 unspecified atom stereocenters. The molecule has 188 valence electrons. The lowest BCUT2D eigenvalue weighted by Gasteiger charge is -2.34. The minimum atomic E-state index is -1.70. The monoisotopic (exact) mass is 477 g/mol. The second-order valence-corrected chi connectivity index (χ2v) is 9.38. The number of nitrogens with zero attached hydrogens (tertiary/aromatic N) is 1. The third-order valence-corrected chi connectivity index (χ3v) is 5.79. The third-order valence-electron chi connectivity index (χ3n) is 5.79. The van der Waals surface area contributed by atoms with Gasteiger partial charge in [0.2, 0.25) is 11.9 Å². The van der Waals surface area contributed by atoms with Gasteiger partial charge in [-0.1, -0.05) is 30.3 Å². The Balaban J connectivity index is 1.69. The van der Waals surface area contributed by atoms with Crippen LogP contribution in [0.25, 0.3) is 0 Å². The number of carboxylic acids is 1. The highest BCUT2D eigenvalue weighted by atomic mass is 16.6. The lowest BCUT2D eigenvalue weighted by molar-refractivity contribution is -0.164. The number of aliphatic carboxylic acids is 1. The predicted octanol–water partition coefficient (Wildman–Crippen LogP) is 2.05. The summed E-state index contributed by atoms with van der Waals surface area (Å²) in [5, 5.41) is 11.8. The number of esters is 1. The van der Waals surface area contributed by atoms with Crippen LogP contribution in [0.2, 0.25) is 0 Å². The number of benzene rings is 1. The normalized spacial score (nSPS) is 18.9. The Morgan fingerprint density at radius 1 is 1.15 bits per heavy atom. The predicted molar refractivity (Wildman–Crippen MR) is 124 cm³/mol. The van der Waals surface area contributed by atoms with Gasteiger partial charge >= 0.3 is 18.0 Å². The summed E-state index contributed by atoms with van der Waals surface area (Å²) in [4.78, 5) is 48.4. The van der Waals surface area contributed by atoms with Crippen LogP contribution in [0.3, 0.4) is 0 Å². The van der Waals surface area contributed by atoms with Crippen molar-refractivity contribution in [3.63, 3.8) is 0 Å². The summed E-state index contributed by atoms with van der Waals surface area (Å²) in [5.41, 5.74) is 5.34. The lowest BCUT2D eigenvalue weighted by Crippen LogP contribution is -2.45. The Kier molecular flexibility index (Phi) is 9.85. The Morgan fingerprint density at radius 3 is 2.35 bits per heavy atom. The first-order valence-electron chi connectivity index (χ1n) is 11.4. The molecule has 1 aromatic carbocycles. The molecular formula is C24H35N3O7. The van der Waals surface area contributed by atoms with E-state index in [0.717, 1.165) is 31.2 Å². The van der Waals surface area contributed by atoms with Crippen molar-refractivity contribution in [2.75, 3.05) is 13.6 Å². The van der Waals surface area contributed by atoms with Crippen LogP contribution in [0.4, 0.5) is 4.79 Å². The first-order chi connectivity index (χ1) is 16.0. The molecule has 10 nitrogen and oxygen atoms in total. The quantitative estimate of drug-likeness (QED) is 0.342. The van der Waals surface area contributed by atoms with Gasteiger partial charge in [-0.25, -0.2) is 14.4 Å². The first kappa shape index (κ1) is 27.1. The van der Waals surface area contributed by atoms with E-state index in [-0.39, 0.29) is 31.0 Å². The zero-order valence-electron chi connectivity index (χ0n) is 20.0. The van der Waals surface area contributed by atoms with Crippen molar-refractivity contribution in [2.45, 2.75) is 70.2 Å². The number of hydrogen-bond donors (Lipinski definition) is 3. The molecule has 0 bridgehead atoms. The van der Waals surface area contributed by atoms with Crippen molar-refractivity contribution >= 4 is 23.9 Å². The van der Waals surface area contributed by atoms with E-state index in [1.165, 1.54) is 11.9 Å². The molecule has 34 heavy (non-hydrogen) atoms. The molecule has 0 saturated heterocycles. The molecular weight excluding hydrogens is 442 g/mol. The highest BCUT2D eigenvalue weighted by Crippen LogP contribution is 2.32. The number of nitrogens with two attached hydrogens (primary N) is 1. The summed E-state index contributed by atoms with van der Waals surface area (Å²) in [6.07, 6.45) is 3.18. The molecule has 0 radical (unpaired) electrons. The van der Waals surface area contributed by atoms with Gasteiger partial charge in [0.15, 0.2) is 0 Å². The fraction of sp³-hybridized carbons (Fsp3) is 0.583. The Bertz CT molecular complexity index is 851. The van der Waals surface area contributed by atoms with E-state index in [2.05, 4.69) is 5.32 Å². The number of hydrogen-bond acceptors (Lipinski definition) is 7. The Labute approximate surface area is 199 Å². The van der Waals surface area contributed by atoms with E-state index in [1.807, 2.05) is 30.3 Å². The molecule has 1 fully saturated rings. The molecule has 0 aliphatic heterocycles. The maximum absolute atomic E-state index is 12.4. The molecule has 1 aromatic rings. The van der Waals surface area contributed by atoms with Crippen molar-refractivity contribution in [3.05, 3.63) is 35.9 Å². The smallest absolute Gasteiger partial charge is 0.410 e. The van der Waals surface area contributed by atoms with Gasteiger partial charge in [0.05, 0.1) is 0 Å². The molecule has 1 saturated carbocycles. The molecule has 1 aliphatic carbocycles. The number of rotatable bonds is 10. The van der Waals surface area contributed by atoms with Gasteiger partial charge in [-0.3, -0.25) is 4.79 Å². The van der Waals surface area contributed by atoms with Gasteiger partial charge in [-0.15, -0.1) is 0 Å². The standard InChI is InChI=1S/C24H35N3O7/c1-24(2,34-22(31)20(25)21(29)30)13-16-9-11-18(12-10-16)26-19(28)14-27(3)23(32)33-15-17-7-5-4-6-8-17/h4-8,16,18,20H,9-15,25H2,1-3H3,(H,26,28)(H,29,30)/t16-,18-,20-/m0/s1. The maximum atomic E-state index is 12.4. The molecule has 2 amide bonds. The number of nitrogens with one attached hydrogen (secondary N) is 1. The molecule has 1 aliphatic rings. The number of ether oxygens (including phenoxy) is 2. The maximum Gasteiger partial charge on any atom is 0.410 e. The fourth-order valence-corrected chi connectivity index (χ4v) is 4.07. The summed E-state index contributed by atoms with van der Waals surface area (Å²) < 4.78 is 10.5. The second kappa shape index (κ2) is 12.4. The summed E-state index contributed by atoms with van der Waals surface area (Å²) in [7, 11) is 1.52. The first-order valence-corrected chi connectivity index (χ1v) is 11.4. The number of amides is 2. The van der Waals surface area contributed by atoms with Gasteiger partial charge in [-0.2, -0.15) is 0 Å². The van der Waals surface area contributed by atoms with Crippen molar-refractivity contribution in [2.24, 2.45) is 11.7 Å². The van der Waals surface area contributed by atoms with Crippen molar-refractivity contribution in [3.8, 4) is 0 Å². The summed E-state index contributed by atoms with van der Waals surface area (Å²) in [6, 6.07) is 7.61. The van der Waals surface area contributed by atoms with Crippen LogP contribution in [-0.4, -0.2) is 65.2 Å². The molecule has 10 heteroatoms. The number of likely N-dealkylation sites (N-methyl/N-ethyl adjacent to an activating group) is 1. The van der Waals surface area contributed by atoms with Crippen LogP contribution >= 0.6 is 0 Å². The van der Waals surface area contributed by atoms with Crippen LogP contribution in [0.5, 0.6) is 0 Å². The van der Waals surface area contributed by atoms with Gasteiger partial charge in [0, 0.05) is 13.1 Å². The van der Waals surface area contributed by atoms with Crippen LogP contribution in [-0.2, 0) is 30.5 Å².